The quantitative estimate of drug-likeness (QED) is 0.325. The lowest BCUT2D eigenvalue weighted by Crippen LogP contribution is -2.39. The Morgan fingerprint density at radius 1 is 1.03 bits per heavy atom. The fraction of sp³-hybridized carbons (Fsp3) is 0.250. The van der Waals surface area contributed by atoms with Crippen LogP contribution in [-0.2, 0) is 0 Å². The predicted octanol–water partition coefficient (Wildman–Crippen LogP) is 5.38. The summed E-state index contributed by atoms with van der Waals surface area (Å²) in [6.45, 7) is 0. The van der Waals surface area contributed by atoms with Gasteiger partial charge in [-0.25, -0.2) is 14.8 Å². The summed E-state index contributed by atoms with van der Waals surface area (Å²) < 4.78 is 0. The van der Waals surface area contributed by atoms with Gasteiger partial charge in [0.2, 0.25) is 0 Å². The number of nitrogen functional groups attached to an aromatic ring is 1. The summed E-state index contributed by atoms with van der Waals surface area (Å²) in [6.07, 6.45) is 7.13. The molecule has 1 fully saturated rings. The molecule has 4 aromatic rings. The van der Waals surface area contributed by atoms with Crippen LogP contribution in [0.25, 0.3) is 33.4 Å². The number of anilines is 2. The van der Waals surface area contributed by atoms with E-state index in [1.54, 1.807) is 12.3 Å². The molecule has 2 amide bonds. The van der Waals surface area contributed by atoms with Crippen LogP contribution in [-0.4, -0.2) is 32.2 Å². The van der Waals surface area contributed by atoms with Gasteiger partial charge >= 0.3 is 6.03 Å². The summed E-state index contributed by atoms with van der Waals surface area (Å²) in [4.78, 5) is 22.0. The molecule has 0 unspecified atom stereocenters. The van der Waals surface area contributed by atoms with Gasteiger partial charge in [0, 0.05) is 22.6 Å². The molecule has 2 heterocycles. The number of carbonyl (C=O) groups is 1. The first kappa shape index (κ1) is 21.2. The van der Waals surface area contributed by atoms with Crippen LogP contribution in [0.4, 0.5) is 16.4 Å². The lowest BCUT2D eigenvalue weighted by molar-refractivity contribution is 0.244. The maximum atomic E-state index is 12.7. The number of amides is 2. The molecule has 0 atom stereocenters. The summed E-state index contributed by atoms with van der Waals surface area (Å²) in [5, 5.41) is 14.1. The number of nitrogens with one attached hydrogen (secondary N) is 3. The van der Waals surface area contributed by atoms with E-state index in [9.17, 15) is 4.79 Å². The van der Waals surface area contributed by atoms with E-state index in [0.717, 1.165) is 47.7 Å². The number of hydrogen-bond donors (Lipinski definition) is 4. The molecule has 0 bridgehead atoms. The minimum absolute atomic E-state index is 0.145. The molecule has 0 radical (unpaired) electrons. The number of nitrogens with zero attached hydrogens (tertiary/aromatic N) is 3. The number of nitrogens with two attached hydrogens (primary N) is 1. The van der Waals surface area contributed by atoms with Gasteiger partial charge in [-0.2, -0.15) is 5.10 Å². The number of H-pyrrole nitrogens is 1. The number of carbonyl (C=O) groups excluding carboxylic acids is 1. The molecule has 2 aromatic heterocycles. The van der Waals surface area contributed by atoms with E-state index < -0.39 is 0 Å². The van der Waals surface area contributed by atoms with E-state index in [1.807, 2.05) is 36.4 Å². The first-order valence-corrected chi connectivity index (χ1v) is 11.4. The maximum absolute atomic E-state index is 12.7. The SMILES string of the molecule is Nc1nc(-c2ccccc2)c(-c2cc(Cl)c3[nH]ncc3c2)nc1NC(=O)NC1CCCCC1. The molecule has 1 aliphatic rings. The third kappa shape index (κ3) is 4.47. The van der Waals surface area contributed by atoms with Crippen molar-refractivity contribution >= 4 is 40.2 Å². The van der Waals surface area contributed by atoms with Crippen molar-refractivity contribution < 1.29 is 4.79 Å². The number of halogens is 1. The molecule has 5 rings (SSSR count). The average Bonchev–Trinajstić information content (AvgIpc) is 3.31. The molecule has 2 aromatic carbocycles. The zero-order valence-electron chi connectivity index (χ0n) is 17.9. The van der Waals surface area contributed by atoms with Crippen LogP contribution >= 0.6 is 11.6 Å². The van der Waals surface area contributed by atoms with Gasteiger partial charge in [-0.15, -0.1) is 0 Å². The Balaban J connectivity index is 1.55. The first-order valence-electron chi connectivity index (χ1n) is 11.0. The Morgan fingerprint density at radius 2 is 1.79 bits per heavy atom. The second-order valence-corrected chi connectivity index (χ2v) is 8.65. The van der Waals surface area contributed by atoms with E-state index in [1.165, 1.54) is 6.42 Å². The summed E-state index contributed by atoms with van der Waals surface area (Å²) >= 11 is 6.49. The molecular weight excluding hydrogens is 438 g/mol. The predicted molar refractivity (Wildman–Crippen MR) is 131 cm³/mol. The molecule has 1 saturated carbocycles. The van der Waals surface area contributed by atoms with Crippen molar-refractivity contribution in [1.29, 1.82) is 0 Å². The summed E-state index contributed by atoms with van der Waals surface area (Å²) in [7, 11) is 0. The number of hydrogen-bond acceptors (Lipinski definition) is 5. The van der Waals surface area contributed by atoms with Crippen molar-refractivity contribution in [2.24, 2.45) is 0 Å². The number of aromatic nitrogens is 4. The Labute approximate surface area is 196 Å². The van der Waals surface area contributed by atoms with Gasteiger partial charge in [0.1, 0.15) is 0 Å². The summed E-state index contributed by atoms with van der Waals surface area (Å²) in [5.74, 6) is 0.355. The van der Waals surface area contributed by atoms with Crippen LogP contribution in [0.1, 0.15) is 32.1 Å². The van der Waals surface area contributed by atoms with E-state index in [4.69, 9.17) is 22.3 Å². The largest absolute Gasteiger partial charge is 0.381 e. The number of aromatic amines is 1. The Hall–Kier alpha value is -3.65. The molecule has 0 aliphatic heterocycles. The summed E-state index contributed by atoms with van der Waals surface area (Å²) in [5.41, 5.74) is 9.75. The highest BCUT2D eigenvalue weighted by atomic mass is 35.5. The number of fused-ring (bicyclic) bond motifs is 1. The van der Waals surface area contributed by atoms with Gasteiger partial charge in [-0.05, 0) is 25.0 Å². The Bertz CT molecular complexity index is 1300. The van der Waals surface area contributed by atoms with Crippen molar-refractivity contribution in [2.45, 2.75) is 38.1 Å². The van der Waals surface area contributed by atoms with Gasteiger partial charge < -0.3 is 11.1 Å². The lowest BCUT2D eigenvalue weighted by Gasteiger charge is -2.23. The third-order valence-electron chi connectivity index (χ3n) is 5.92. The third-order valence-corrected chi connectivity index (χ3v) is 6.21. The fourth-order valence-electron chi connectivity index (χ4n) is 4.27. The van der Waals surface area contributed by atoms with Gasteiger partial charge in [0.15, 0.2) is 11.6 Å². The van der Waals surface area contributed by atoms with Crippen LogP contribution in [0.5, 0.6) is 0 Å². The first-order chi connectivity index (χ1) is 16.1. The summed E-state index contributed by atoms with van der Waals surface area (Å²) in [6, 6.07) is 13.2. The minimum atomic E-state index is -0.329. The van der Waals surface area contributed by atoms with Crippen molar-refractivity contribution in [3.05, 3.63) is 53.7 Å². The average molecular weight is 462 g/mol. The molecule has 33 heavy (non-hydrogen) atoms. The molecule has 1 aliphatic carbocycles. The molecule has 8 nitrogen and oxygen atoms in total. The minimum Gasteiger partial charge on any atom is -0.381 e. The monoisotopic (exact) mass is 461 g/mol. The smallest absolute Gasteiger partial charge is 0.320 e. The fourth-order valence-corrected chi connectivity index (χ4v) is 4.53. The molecule has 5 N–H and O–H groups in total. The normalized spacial score (nSPS) is 14.3. The highest BCUT2D eigenvalue weighted by Crippen LogP contribution is 2.35. The lowest BCUT2D eigenvalue weighted by atomic mass is 9.96. The molecule has 0 spiro atoms. The van der Waals surface area contributed by atoms with E-state index in [0.29, 0.717) is 16.4 Å². The highest BCUT2D eigenvalue weighted by Gasteiger charge is 2.20. The number of benzene rings is 2. The second kappa shape index (κ2) is 9.07. The number of rotatable bonds is 4. The second-order valence-electron chi connectivity index (χ2n) is 8.25. The highest BCUT2D eigenvalue weighted by molar-refractivity contribution is 6.35. The topological polar surface area (TPSA) is 122 Å². The number of urea groups is 1. The van der Waals surface area contributed by atoms with Crippen molar-refractivity contribution in [1.82, 2.24) is 25.5 Å². The maximum Gasteiger partial charge on any atom is 0.320 e. The Morgan fingerprint density at radius 3 is 2.58 bits per heavy atom. The zero-order valence-corrected chi connectivity index (χ0v) is 18.7. The van der Waals surface area contributed by atoms with Crippen LogP contribution < -0.4 is 16.4 Å². The Kier molecular flexibility index (Phi) is 5.83. The van der Waals surface area contributed by atoms with E-state index >= 15 is 0 Å². The van der Waals surface area contributed by atoms with Crippen LogP contribution in [0.15, 0.2) is 48.7 Å². The van der Waals surface area contributed by atoms with Crippen LogP contribution in [0.3, 0.4) is 0 Å². The van der Waals surface area contributed by atoms with Crippen LogP contribution in [0, 0.1) is 0 Å². The van der Waals surface area contributed by atoms with Gasteiger partial charge in [-0.3, -0.25) is 10.4 Å². The van der Waals surface area contributed by atoms with Gasteiger partial charge in [0.25, 0.3) is 0 Å². The van der Waals surface area contributed by atoms with Gasteiger partial charge in [0.05, 0.1) is 28.1 Å². The van der Waals surface area contributed by atoms with Gasteiger partial charge in [-0.1, -0.05) is 61.2 Å². The molecule has 0 saturated heterocycles. The zero-order chi connectivity index (χ0) is 22.8. The molecule has 168 valence electrons. The van der Waals surface area contributed by atoms with E-state index in [-0.39, 0.29) is 23.7 Å². The van der Waals surface area contributed by atoms with E-state index in [2.05, 4.69) is 25.8 Å². The van der Waals surface area contributed by atoms with Crippen molar-refractivity contribution in [3.63, 3.8) is 0 Å². The van der Waals surface area contributed by atoms with Crippen LogP contribution in [0.2, 0.25) is 5.02 Å². The van der Waals surface area contributed by atoms with Crippen molar-refractivity contribution in [3.8, 4) is 22.5 Å². The van der Waals surface area contributed by atoms with Crippen molar-refractivity contribution in [2.75, 3.05) is 11.1 Å². The molecule has 9 heteroatoms. The molecular formula is C24H24ClN7O. The standard InChI is InChI=1S/C24H24ClN7O/c25-18-12-15(11-16-13-27-32-19(16)18)21-20(14-7-3-1-4-8-14)29-22(26)23(30-21)31-24(33)28-17-9-5-2-6-10-17/h1,3-4,7-8,11-13,17H,2,5-6,9-10H2,(H2,26,29)(H,27,32)(H2,28,30,31,33).